The number of carboxylic acids is 1. The van der Waals surface area contributed by atoms with Crippen LogP contribution in [-0.2, 0) is 44.8 Å². The number of amides is 7. The first-order valence-corrected chi connectivity index (χ1v) is 19.5. The van der Waals surface area contributed by atoms with Crippen LogP contribution < -0.4 is 21.3 Å². The molecule has 16 nitrogen and oxygen atoms in total. The number of carbonyl (C=O) groups is 8. The molecule has 0 saturated carbocycles. The zero-order chi connectivity index (χ0) is 40.0. The van der Waals surface area contributed by atoms with Crippen molar-refractivity contribution in [2.24, 2.45) is 11.8 Å². The van der Waals surface area contributed by atoms with E-state index in [1.54, 1.807) is 44.2 Å². The van der Waals surface area contributed by atoms with Crippen LogP contribution in [0.15, 0.2) is 30.3 Å². The number of benzene rings is 1. The van der Waals surface area contributed by atoms with Crippen molar-refractivity contribution in [2.75, 3.05) is 19.6 Å². The number of fused-ring (bicyclic) bond motifs is 3. The second-order valence-corrected chi connectivity index (χ2v) is 15.9. The van der Waals surface area contributed by atoms with Gasteiger partial charge in [0.25, 0.3) is 0 Å². The minimum Gasteiger partial charge on any atom is -0.481 e. The molecule has 55 heavy (non-hydrogen) atoms. The van der Waals surface area contributed by atoms with E-state index in [2.05, 4.69) is 21.3 Å². The molecule has 0 aromatic heterocycles. The van der Waals surface area contributed by atoms with Gasteiger partial charge < -0.3 is 41.1 Å². The maximum atomic E-state index is 14.3. The molecule has 1 aromatic carbocycles. The van der Waals surface area contributed by atoms with Crippen LogP contribution >= 0.6 is 0 Å². The van der Waals surface area contributed by atoms with Gasteiger partial charge in [-0.15, -0.1) is 0 Å². The average Bonchev–Trinajstić information content (AvgIpc) is 3.93. The van der Waals surface area contributed by atoms with Gasteiger partial charge in [-0.3, -0.25) is 38.4 Å². The molecule has 16 heteroatoms. The Morgan fingerprint density at radius 1 is 0.636 bits per heavy atom. The fourth-order valence-corrected chi connectivity index (χ4v) is 8.19. The van der Waals surface area contributed by atoms with E-state index in [1.807, 2.05) is 13.8 Å². The lowest BCUT2D eigenvalue weighted by molar-refractivity contribution is -0.151. The largest absolute Gasteiger partial charge is 0.481 e. The third-order valence-electron chi connectivity index (χ3n) is 11.0. The van der Waals surface area contributed by atoms with Crippen LogP contribution in [0, 0.1) is 11.8 Å². The molecule has 300 valence electrons. The quantitative estimate of drug-likeness (QED) is 0.258. The summed E-state index contributed by atoms with van der Waals surface area (Å²) in [6.45, 7) is 8.09. The number of hydrogen-bond acceptors (Lipinski definition) is 8. The van der Waals surface area contributed by atoms with E-state index in [0.717, 1.165) is 0 Å². The molecule has 5 N–H and O–H groups in total. The van der Waals surface area contributed by atoms with E-state index in [9.17, 15) is 43.5 Å². The van der Waals surface area contributed by atoms with Crippen molar-refractivity contribution < 1.29 is 43.5 Å². The number of nitrogens with zero attached hydrogens (tertiary/aromatic N) is 3. The molecule has 7 amide bonds. The van der Waals surface area contributed by atoms with Gasteiger partial charge >= 0.3 is 5.97 Å². The van der Waals surface area contributed by atoms with E-state index in [1.165, 1.54) is 14.7 Å². The van der Waals surface area contributed by atoms with Crippen molar-refractivity contribution in [3.8, 4) is 0 Å². The summed E-state index contributed by atoms with van der Waals surface area (Å²) in [5.74, 6) is -6.09. The lowest BCUT2D eigenvalue weighted by Gasteiger charge is -2.35. The van der Waals surface area contributed by atoms with Gasteiger partial charge in [0.05, 0.1) is 6.42 Å². The predicted molar refractivity (Wildman–Crippen MR) is 199 cm³/mol. The zero-order valence-corrected chi connectivity index (χ0v) is 32.1. The van der Waals surface area contributed by atoms with Crippen LogP contribution in [0.1, 0.15) is 84.6 Å². The summed E-state index contributed by atoms with van der Waals surface area (Å²) in [4.78, 5) is 115. The van der Waals surface area contributed by atoms with Gasteiger partial charge in [0.1, 0.15) is 42.3 Å². The number of aliphatic carboxylic acids is 1. The molecule has 4 heterocycles. The van der Waals surface area contributed by atoms with E-state index in [0.29, 0.717) is 50.8 Å². The molecule has 4 fully saturated rings. The van der Waals surface area contributed by atoms with Crippen LogP contribution in [0.3, 0.4) is 0 Å². The lowest BCUT2D eigenvalue weighted by Crippen LogP contribution is -2.61. The molecule has 5 rings (SSSR count). The average molecular weight is 766 g/mol. The summed E-state index contributed by atoms with van der Waals surface area (Å²) in [5, 5.41) is 20.5. The smallest absolute Gasteiger partial charge is 0.305 e. The molecule has 0 aliphatic carbocycles. The SMILES string of the molecule is CC(C)CC1NC(=O)C(C(C)C)NC(=O)C(Cc2ccccc2)NC(=O)C(CC(=O)O)NC(=O)C2CCCN2C(=O)C2CCCN2C(=O)C2CCCN2C1=O. The Bertz CT molecular complexity index is 1640. The molecule has 4 saturated heterocycles. The summed E-state index contributed by atoms with van der Waals surface area (Å²) in [5.41, 5.74) is 0.663. The van der Waals surface area contributed by atoms with Crippen LogP contribution in [0.5, 0.6) is 0 Å². The van der Waals surface area contributed by atoms with Crippen LogP contribution in [-0.4, -0.2) is 129 Å². The molecule has 4 aliphatic heterocycles. The Hall–Kier alpha value is -5.02. The number of rotatable bonds is 7. The van der Waals surface area contributed by atoms with E-state index < -0.39 is 96.0 Å². The van der Waals surface area contributed by atoms with Crippen molar-refractivity contribution in [2.45, 2.75) is 128 Å². The normalized spacial score (nSPS) is 28.9. The van der Waals surface area contributed by atoms with Gasteiger partial charge in [-0.05, 0) is 62.3 Å². The molecule has 7 atom stereocenters. The predicted octanol–water partition coefficient (Wildman–Crippen LogP) is 0.332. The monoisotopic (exact) mass is 765 g/mol. The summed E-state index contributed by atoms with van der Waals surface area (Å²) in [6.07, 6.45) is 2.03. The highest BCUT2D eigenvalue weighted by molar-refractivity contribution is 5.99. The standard InChI is InChI=1S/C39H55N7O9/c1-22(2)19-27-37(53)45-17-9-14-29(45)39(55)46-18-10-15-30(46)38(54)44-16-8-13-28(44)35(51)41-26(21-31(47)48)33(49)40-25(20-24-11-6-5-7-12-24)34(50)43-32(23(3)4)36(52)42-27/h5-7,11-12,22-23,25-30,32H,8-10,13-21H2,1-4H3,(H,40,49)(H,41,51)(H,42,52)(H,43,50)(H,47,48). The van der Waals surface area contributed by atoms with Crippen LogP contribution in [0.2, 0.25) is 0 Å². The zero-order valence-electron chi connectivity index (χ0n) is 32.1. The molecule has 0 spiro atoms. The minimum atomic E-state index is -1.60. The van der Waals surface area contributed by atoms with Crippen LogP contribution in [0.4, 0.5) is 0 Å². The van der Waals surface area contributed by atoms with Gasteiger partial charge in [-0.25, -0.2) is 0 Å². The van der Waals surface area contributed by atoms with Gasteiger partial charge in [0.15, 0.2) is 0 Å². The number of carboxylic acid groups (broad SMARTS) is 1. The van der Waals surface area contributed by atoms with Gasteiger partial charge in [0, 0.05) is 26.1 Å². The molecule has 4 aliphatic rings. The summed E-state index contributed by atoms with van der Waals surface area (Å²) < 4.78 is 0. The van der Waals surface area contributed by atoms with Crippen molar-refractivity contribution in [3.63, 3.8) is 0 Å². The third-order valence-corrected chi connectivity index (χ3v) is 11.0. The number of nitrogens with one attached hydrogen (secondary N) is 4. The van der Waals surface area contributed by atoms with Crippen molar-refractivity contribution in [1.29, 1.82) is 0 Å². The summed E-state index contributed by atoms with van der Waals surface area (Å²) >= 11 is 0. The van der Waals surface area contributed by atoms with Crippen molar-refractivity contribution >= 4 is 47.3 Å². The van der Waals surface area contributed by atoms with Gasteiger partial charge in [-0.2, -0.15) is 0 Å². The molecule has 1 aromatic rings. The fraction of sp³-hybridized carbons (Fsp3) is 0.641. The first kappa shape index (κ1) is 41.1. The van der Waals surface area contributed by atoms with E-state index >= 15 is 0 Å². The summed E-state index contributed by atoms with van der Waals surface area (Å²) in [6, 6.07) is 1.01. The second-order valence-electron chi connectivity index (χ2n) is 15.9. The Labute approximate surface area is 321 Å². The number of carbonyl (C=O) groups excluding carboxylic acids is 7. The minimum absolute atomic E-state index is 0.0258. The molecular weight excluding hydrogens is 710 g/mol. The molecular formula is C39H55N7O9. The highest BCUT2D eigenvalue weighted by Gasteiger charge is 2.47. The highest BCUT2D eigenvalue weighted by atomic mass is 16.4. The second kappa shape index (κ2) is 18.1. The van der Waals surface area contributed by atoms with Crippen LogP contribution in [0.25, 0.3) is 0 Å². The molecule has 7 unspecified atom stereocenters. The van der Waals surface area contributed by atoms with E-state index in [-0.39, 0.29) is 37.6 Å². The van der Waals surface area contributed by atoms with Gasteiger partial charge in [-0.1, -0.05) is 58.0 Å². The highest BCUT2D eigenvalue weighted by Crippen LogP contribution is 2.29. The number of hydrogen-bond donors (Lipinski definition) is 5. The Balaban J connectivity index is 1.54. The topological polar surface area (TPSA) is 215 Å². The maximum absolute atomic E-state index is 14.3. The van der Waals surface area contributed by atoms with Crippen molar-refractivity contribution in [1.82, 2.24) is 36.0 Å². The van der Waals surface area contributed by atoms with Crippen molar-refractivity contribution in [3.05, 3.63) is 35.9 Å². The van der Waals surface area contributed by atoms with Gasteiger partial charge in [0.2, 0.25) is 41.4 Å². The fourth-order valence-electron chi connectivity index (χ4n) is 8.19. The maximum Gasteiger partial charge on any atom is 0.305 e. The summed E-state index contributed by atoms with van der Waals surface area (Å²) in [7, 11) is 0. The molecule has 0 radical (unpaired) electrons. The first-order valence-electron chi connectivity index (χ1n) is 19.5. The lowest BCUT2D eigenvalue weighted by atomic mass is 9.98. The first-order chi connectivity index (χ1) is 26.2. The Morgan fingerprint density at radius 2 is 1.13 bits per heavy atom. The Kier molecular flexibility index (Phi) is 13.5. The third kappa shape index (κ3) is 9.81. The molecule has 0 bridgehead atoms. The Morgan fingerprint density at radius 3 is 1.67 bits per heavy atom. The van der Waals surface area contributed by atoms with E-state index in [4.69, 9.17) is 0 Å².